The van der Waals surface area contributed by atoms with Gasteiger partial charge < -0.3 is 19.3 Å². The van der Waals surface area contributed by atoms with Crippen LogP contribution in [0.1, 0.15) is 58.3 Å². The maximum Gasteiger partial charge on any atom is 0.160 e. The van der Waals surface area contributed by atoms with Crippen molar-refractivity contribution in [3.8, 4) is 0 Å². The lowest BCUT2D eigenvalue weighted by molar-refractivity contribution is -0.0810. The lowest BCUT2D eigenvalue weighted by Crippen LogP contribution is -2.17. The second kappa shape index (κ2) is 11.6. The third kappa shape index (κ3) is 8.58. The lowest BCUT2D eigenvalue weighted by Gasteiger charge is -2.10. The van der Waals surface area contributed by atoms with Crippen molar-refractivity contribution in [2.24, 2.45) is 0 Å². The van der Waals surface area contributed by atoms with Gasteiger partial charge in [0.15, 0.2) is 6.29 Å². The minimum Gasteiger partial charge on any atom is -0.394 e. The maximum atomic E-state index is 8.89. The second-order valence-electron chi connectivity index (χ2n) is 5.23. The minimum atomic E-state index is -0.189. The van der Waals surface area contributed by atoms with E-state index in [0.717, 1.165) is 19.4 Å². The van der Waals surface area contributed by atoms with E-state index in [2.05, 4.69) is 6.92 Å². The Labute approximate surface area is 117 Å². The summed E-state index contributed by atoms with van der Waals surface area (Å²) in [4.78, 5) is 0. The molecule has 1 heterocycles. The van der Waals surface area contributed by atoms with Crippen LogP contribution in [0, 0.1) is 0 Å². The van der Waals surface area contributed by atoms with Gasteiger partial charge in [-0.1, -0.05) is 45.4 Å². The van der Waals surface area contributed by atoms with Gasteiger partial charge in [-0.2, -0.15) is 0 Å². The van der Waals surface area contributed by atoms with Crippen molar-refractivity contribution in [1.82, 2.24) is 0 Å². The summed E-state index contributed by atoms with van der Waals surface area (Å²) in [6.45, 7) is 4.30. The molecule has 1 fully saturated rings. The summed E-state index contributed by atoms with van der Waals surface area (Å²) in [5.74, 6) is 0. The van der Waals surface area contributed by atoms with Crippen molar-refractivity contribution >= 4 is 0 Å². The number of unbranched alkanes of at least 4 members (excludes halogenated alkanes) is 6. The molecular weight excluding hydrogens is 244 g/mol. The Morgan fingerprint density at radius 2 is 1.79 bits per heavy atom. The Morgan fingerprint density at radius 3 is 2.47 bits per heavy atom. The van der Waals surface area contributed by atoms with Gasteiger partial charge in [-0.15, -0.1) is 0 Å². The molecule has 114 valence electrons. The Bertz CT molecular complexity index is 199. The number of rotatable bonds is 12. The zero-order chi connectivity index (χ0) is 13.8. The molecule has 1 aliphatic heterocycles. The zero-order valence-corrected chi connectivity index (χ0v) is 12.3. The highest BCUT2D eigenvalue weighted by atomic mass is 16.7. The van der Waals surface area contributed by atoms with Crippen LogP contribution in [0.2, 0.25) is 0 Å². The fourth-order valence-corrected chi connectivity index (χ4v) is 2.20. The summed E-state index contributed by atoms with van der Waals surface area (Å²) < 4.78 is 16.4. The van der Waals surface area contributed by atoms with Crippen LogP contribution in [0.3, 0.4) is 0 Å². The molecule has 4 nitrogen and oxygen atoms in total. The van der Waals surface area contributed by atoms with Gasteiger partial charge in [0.1, 0.15) is 6.10 Å². The van der Waals surface area contributed by atoms with Crippen molar-refractivity contribution in [1.29, 1.82) is 0 Å². The van der Waals surface area contributed by atoms with E-state index in [1.165, 1.54) is 38.5 Å². The molecule has 1 rings (SSSR count). The summed E-state index contributed by atoms with van der Waals surface area (Å²) >= 11 is 0. The Morgan fingerprint density at radius 1 is 1.05 bits per heavy atom. The summed E-state index contributed by atoms with van der Waals surface area (Å²) in [7, 11) is 0. The normalized spacial score (nSPS) is 23.1. The van der Waals surface area contributed by atoms with Gasteiger partial charge in [-0.3, -0.25) is 0 Å². The predicted octanol–water partition coefficient (Wildman–Crippen LogP) is 2.88. The van der Waals surface area contributed by atoms with Crippen molar-refractivity contribution in [3.05, 3.63) is 0 Å². The standard InChI is InChI=1S/C15H30O4/c1-2-3-4-5-6-7-8-10-17-11-9-15-18-13-14(12-16)19-15/h14-16H,2-13H2,1H3/t14-,15+/m1/s1. The average molecular weight is 274 g/mol. The first-order valence-electron chi connectivity index (χ1n) is 7.82. The molecule has 0 bridgehead atoms. The zero-order valence-electron chi connectivity index (χ0n) is 12.3. The van der Waals surface area contributed by atoms with Crippen LogP contribution in [0.15, 0.2) is 0 Å². The van der Waals surface area contributed by atoms with Crippen LogP contribution in [-0.2, 0) is 14.2 Å². The molecule has 0 aromatic carbocycles. The van der Waals surface area contributed by atoms with E-state index in [1.54, 1.807) is 0 Å². The fraction of sp³-hybridized carbons (Fsp3) is 1.00. The van der Waals surface area contributed by atoms with E-state index >= 15 is 0 Å². The summed E-state index contributed by atoms with van der Waals surface area (Å²) in [6.07, 6.45) is 9.59. The molecule has 4 heteroatoms. The van der Waals surface area contributed by atoms with Crippen molar-refractivity contribution in [3.63, 3.8) is 0 Å². The molecule has 0 aromatic rings. The number of hydrogen-bond acceptors (Lipinski definition) is 4. The van der Waals surface area contributed by atoms with Crippen LogP contribution in [-0.4, -0.2) is 43.9 Å². The van der Waals surface area contributed by atoms with Crippen LogP contribution < -0.4 is 0 Å². The fourth-order valence-electron chi connectivity index (χ4n) is 2.20. The van der Waals surface area contributed by atoms with Gasteiger partial charge in [-0.05, 0) is 6.42 Å². The number of ether oxygens (including phenoxy) is 3. The Balaban J connectivity index is 1.77. The van der Waals surface area contributed by atoms with Crippen LogP contribution in [0.4, 0.5) is 0 Å². The summed E-state index contributed by atoms with van der Waals surface area (Å²) in [5, 5.41) is 8.89. The molecule has 2 atom stereocenters. The smallest absolute Gasteiger partial charge is 0.160 e. The molecule has 0 saturated carbocycles. The number of aliphatic hydroxyl groups is 1. The predicted molar refractivity (Wildman–Crippen MR) is 75.1 cm³/mol. The SMILES string of the molecule is CCCCCCCCCOCC[C@H]1OC[C@@H](CO)O1. The van der Waals surface area contributed by atoms with E-state index in [1.807, 2.05) is 0 Å². The van der Waals surface area contributed by atoms with Gasteiger partial charge in [0.2, 0.25) is 0 Å². The Kier molecular flexibility index (Phi) is 10.4. The highest BCUT2D eigenvalue weighted by molar-refractivity contribution is 4.63. The molecule has 0 aliphatic carbocycles. The van der Waals surface area contributed by atoms with Crippen molar-refractivity contribution in [2.75, 3.05) is 26.4 Å². The van der Waals surface area contributed by atoms with E-state index in [-0.39, 0.29) is 19.0 Å². The van der Waals surface area contributed by atoms with Crippen molar-refractivity contribution in [2.45, 2.75) is 70.7 Å². The molecule has 0 spiro atoms. The van der Waals surface area contributed by atoms with E-state index in [9.17, 15) is 0 Å². The quantitative estimate of drug-likeness (QED) is 0.556. The summed E-state index contributed by atoms with van der Waals surface area (Å²) in [5.41, 5.74) is 0. The van der Waals surface area contributed by atoms with E-state index < -0.39 is 0 Å². The molecule has 1 saturated heterocycles. The first-order chi connectivity index (χ1) is 9.36. The highest BCUT2D eigenvalue weighted by Gasteiger charge is 2.24. The minimum absolute atomic E-state index is 0.0371. The largest absolute Gasteiger partial charge is 0.394 e. The molecule has 1 aliphatic rings. The second-order valence-corrected chi connectivity index (χ2v) is 5.23. The van der Waals surface area contributed by atoms with Crippen LogP contribution in [0.25, 0.3) is 0 Å². The maximum absolute atomic E-state index is 8.89. The molecule has 19 heavy (non-hydrogen) atoms. The molecule has 0 radical (unpaired) electrons. The molecule has 0 amide bonds. The average Bonchev–Trinajstić information content (AvgIpc) is 2.89. The molecule has 0 aromatic heterocycles. The monoisotopic (exact) mass is 274 g/mol. The third-order valence-electron chi connectivity index (χ3n) is 3.41. The number of aliphatic hydroxyl groups excluding tert-OH is 1. The van der Waals surface area contributed by atoms with Crippen LogP contribution >= 0.6 is 0 Å². The molecule has 1 N–H and O–H groups in total. The Hall–Kier alpha value is -0.160. The lowest BCUT2D eigenvalue weighted by atomic mass is 10.1. The van der Waals surface area contributed by atoms with Crippen molar-refractivity contribution < 1.29 is 19.3 Å². The first-order valence-corrected chi connectivity index (χ1v) is 7.82. The first kappa shape index (κ1) is 16.9. The molecular formula is C15H30O4. The highest BCUT2D eigenvalue weighted by Crippen LogP contribution is 2.14. The van der Waals surface area contributed by atoms with E-state index in [4.69, 9.17) is 19.3 Å². The van der Waals surface area contributed by atoms with Gasteiger partial charge in [0.05, 0.1) is 19.8 Å². The summed E-state index contributed by atoms with van der Waals surface area (Å²) in [6, 6.07) is 0. The van der Waals surface area contributed by atoms with Gasteiger partial charge in [-0.25, -0.2) is 0 Å². The molecule has 0 unspecified atom stereocenters. The topological polar surface area (TPSA) is 47.9 Å². The van der Waals surface area contributed by atoms with Gasteiger partial charge in [0, 0.05) is 13.0 Å². The third-order valence-corrected chi connectivity index (χ3v) is 3.41. The van der Waals surface area contributed by atoms with Crippen LogP contribution in [0.5, 0.6) is 0 Å². The van der Waals surface area contributed by atoms with Gasteiger partial charge >= 0.3 is 0 Å². The number of hydrogen-bond donors (Lipinski definition) is 1. The van der Waals surface area contributed by atoms with Gasteiger partial charge in [0.25, 0.3) is 0 Å². The van der Waals surface area contributed by atoms with E-state index in [0.29, 0.717) is 13.2 Å².